The predicted octanol–water partition coefficient (Wildman–Crippen LogP) is 3.82. The second-order valence-corrected chi connectivity index (χ2v) is 6.73. The molecule has 2 aromatic carbocycles. The van der Waals surface area contributed by atoms with Crippen LogP contribution in [0.25, 0.3) is 11.3 Å². The van der Waals surface area contributed by atoms with E-state index in [1.807, 2.05) is 0 Å². The first-order chi connectivity index (χ1) is 13.4. The number of hydrogen-bond acceptors (Lipinski definition) is 5. The fourth-order valence-corrected chi connectivity index (χ4v) is 2.86. The molecular weight excluding hydrogens is 403 g/mol. The summed E-state index contributed by atoms with van der Waals surface area (Å²) in [6.45, 7) is 1.55. The van der Waals surface area contributed by atoms with Gasteiger partial charge < -0.3 is 10.1 Å². The van der Waals surface area contributed by atoms with Crippen molar-refractivity contribution in [3.8, 4) is 17.0 Å². The van der Waals surface area contributed by atoms with Crippen molar-refractivity contribution in [2.45, 2.75) is 13.0 Å². The number of benzene rings is 2. The van der Waals surface area contributed by atoms with Crippen molar-refractivity contribution in [2.24, 2.45) is 0 Å². The van der Waals surface area contributed by atoms with E-state index >= 15 is 0 Å². The molecule has 3 rings (SSSR count). The van der Waals surface area contributed by atoms with Crippen LogP contribution in [0.4, 0.5) is 5.69 Å². The van der Waals surface area contributed by atoms with Crippen LogP contribution in [0.15, 0.2) is 53.5 Å². The number of nitrogens with zero attached hydrogens (tertiary/aromatic N) is 3. The maximum Gasteiger partial charge on any atom is 0.365 e. The molecule has 1 aromatic heterocycles. The first-order valence-corrected chi connectivity index (χ1v) is 9.01. The molecule has 9 heteroatoms. The molecule has 0 saturated heterocycles. The summed E-state index contributed by atoms with van der Waals surface area (Å²) in [7, 11) is 1.50. The highest BCUT2D eigenvalue weighted by atomic mass is 35.5. The highest BCUT2D eigenvalue weighted by Gasteiger charge is 2.19. The first kappa shape index (κ1) is 19.9. The second kappa shape index (κ2) is 8.41. The lowest BCUT2D eigenvalue weighted by Gasteiger charge is -2.14. The summed E-state index contributed by atoms with van der Waals surface area (Å²) in [5, 5.41) is 7.71. The maximum atomic E-state index is 12.5. The van der Waals surface area contributed by atoms with E-state index in [1.54, 1.807) is 49.4 Å². The van der Waals surface area contributed by atoms with Gasteiger partial charge in [-0.2, -0.15) is 10.1 Å². The molecule has 0 aliphatic rings. The van der Waals surface area contributed by atoms with Gasteiger partial charge in [0, 0.05) is 16.3 Å². The van der Waals surface area contributed by atoms with Crippen LogP contribution in [-0.4, -0.2) is 27.8 Å². The van der Waals surface area contributed by atoms with Crippen LogP contribution in [0, 0.1) is 0 Å². The van der Waals surface area contributed by atoms with Gasteiger partial charge in [0.2, 0.25) is 5.91 Å². The fourth-order valence-electron chi connectivity index (χ4n) is 2.48. The summed E-state index contributed by atoms with van der Waals surface area (Å²) >= 11 is 11.9. The van der Waals surface area contributed by atoms with E-state index in [-0.39, 0.29) is 0 Å². The van der Waals surface area contributed by atoms with E-state index in [9.17, 15) is 9.59 Å². The van der Waals surface area contributed by atoms with Gasteiger partial charge in [-0.15, -0.1) is 0 Å². The van der Waals surface area contributed by atoms with Gasteiger partial charge in [0.1, 0.15) is 11.8 Å². The van der Waals surface area contributed by atoms with E-state index < -0.39 is 17.6 Å². The lowest BCUT2D eigenvalue weighted by molar-refractivity contribution is -0.119. The minimum Gasteiger partial charge on any atom is -0.495 e. The molecule has 28 heavy (non-hydrogen) atoms. The number of anilines is 1. The SMILES string of the molecule is COc1ccc(NC(=O)[C@H](C)n2ncc(-c3ccc(Cl)cc3)nc2=O)cc1Cl. The standard InChI is InChI=1S/C19H16Cl2N4O3/c1-11(18(26)23-14-7-8-17(28-2)15(21)9-14)25-19(27)24-16(10-22-25)12-3-5-13(20)6-4-12/h3-11H,1-2H3,(H,23,26)/t11-/m0/s1. The summed E-state index contributed by atoms with van der Waals surface area (Å²) < 4.78 is 6.09. The van der Waals surface area contributed by atoms with Crippen molar-refractivity contribution in [3.63, 3.8) is 0 Å². The van der Waals surface area contributed by atoms with Gasteiger partial charge in [-0.05, 0) is 37.3 Å². The van der Waals surface area contributed by atoms with Crippen molar-refractivity contribution in [1.29, 1.82) is 0 Å². The number of carbonyl (C=O) groups is 1. The van der Waals surface area contributed by atoms with Gasteiger partial charge in [-0.3, -0.25) is 4.79 Å². The molecule has 0 aliphatic carbocycles. The Balaban J connectivity index is 1.79. The van der Waals surface area contributed by atoms with Crippen LogP contribution in [0.5, 0.6) is 5.75 Å². The number of halogens is 2. The Bertz CT molecular complexity index is 1070. The molecule has 1 atom stereocenters. The Morgan fingerprint density at radius 1 is 1.18 bits per heavy atom. The number of methoxy groups -OCH3 is 1. The first-order valence-electron chi connectivity index (χ1n) is 8.25. The zero-order valence-corrected chi connectivity index (χ0v) is 16.5. The van der Waals surface area contributed by atoms with E-state index in [0.29, 0.717) is 32.7 Å². The molecule has 0 unspecified atom stereocenters. The van der Waals surface area contributed by atoms with Gasteiger partial charge in [-0.1, -0.05) is 35.3 Å². The molecule has 0 bridgehead atoms. The molecule has 0 saturated carbocycles. The highest BCUT2D eigenvalue weighted by Crippen LogP contribution is 2.27. The summed E-state index contributed by atoms with van der Waals surface area (Å²) in [5.41, 5.74) is 0.933. The van der Waals surface area contributed by atoms with Gasteiger partial charge in [-0.25, -0.2) is 9.48 Å². The zero-order chi connectivity index (χ0) is 20.3. The zero-order valence-electron chi connectivity index (χ0n) is 15.0. The molecular formula is C19H16Cl2N4O3. The largest absolute Gasteiger partial charge is 0.495 e. The van der Waals surface area contributed by atoms with Crippen LogP contribution in [0.2, 0.25) is 10.0 Å². The summed E-state index contributed by atoms with van der Waals surface area (Å²) in [5.74, 6) is 0.0597. The van der Waals surface area contributed by atoms with Crippen LogP contribution < -0.4 is 15.7 Å². The number of carbonyl (C=O) groups excluding carboxylic acids is 1. The van der Waals surface area contributed by atoms with Crippen molar-refractivity contribution in [2.75, 3.05) is 12.4 Å². The van der Waals surface area contributed by atoms with Crippen LogP contribution in [0.3, 0.4) is 0 Å². The molecule has 144 valence electrons. The smallest absolute Gasteiger partial charge is 0.365 e. The molecule has 0 fully saturated rings. The van der Waals surface area contributed by atoms with E-state index in [0.717, 1.165) is 4.68 Å². The normalized spacial score (nSPS) is 11.7. The summed E-state index contributed by atoms with van der Waals surface area (Å²) in [4.78, 5) is 28.9. The monoisotopic (exact) mass is 418 g/mol. The van der Waals surface area contributed by atoms with Gasteiger partial charge in [0.15, 0.2) is 0 Å². The molecule has 1 amide bonds. The third kappa shape index (κ3) is 4.32. The van der Waals surface area contributed by atoms with Gasteiger partial charge in [0.05, 0.1) is 24.0 Å². The number of ether oxygens (including phenoxy) is 1. The summed E-state index contributed by atoms with van der Waals surface area (Å²) in [6.07, 6.45) is 1.43. The molecule has 0 spiro atoms. The van der Waals surface area contributed by atoms with Crippen LogP contribution >= 0.6 is 23.2 Å². The van der Waals surface area contributed by atoms with Crippen molar-refractivity contribution in [3.05, 3.63) is 69.2 Å². The Kier molecular flexibility index (Phi) is 5.96. The average molecular weight is 419 g/mol. The predicted molar refractivity (Wildman–Crippen MR) is 108 cm³/mol. The Morgan fingerprint density at radius 2 is 1.89 bits per heavy atom. The molecule has 1 heterocycles. The maximum absolute atomic E-state index is 12.5. The number of aromatic nitrogens is 3. The minimum atomic E-state index is -0.875. The highest BCUT2D eigenvalue weighted by molar-refractivity contribution is 6.32. The molecule has 7 nitrogen and oxygen atoms in total. The van der Waals surface area contributed by atoms with Crippen LogP contribution in [0.1, 0.15) is 13.0 Å². The van der Waals surface area contributed by atoms with Crippen LogP contribution in [-0.2, 0) is 4.79 Å². The molecule has 0 aliphatic heterocycles. The van der Waals surface area contributed by atoms with E-state index in [4.69, 9.17) is 27.9 Å². The third-order valence-corrected chi connectivity index (χ3v) is 4.57. The Labute approximate surface area is 170 Å². The Hall–Kier alpha value is -2.90. The van der Waals surface area contributed by atoms with Crippen molar-refractivity contribution < 1.29 is 9.53 Å². The number of rotatable bonds is 5. The Morgan fingerprint density at radius 3 is 2.50 bits per heavy atom. The van der Waals surface area contributed by atoms with Gasteiger partial charge in [0.25, 0.3) is 0 Å². The third-order valence-electron chi connectivity index (χ3n) is 4.02. The van der Waals surface area contributed by atoms with E-state index in [1.165, 1.54) is 13.3 Å². The quantitative estimate of drug-likeness (QED) is 0.680. The summed E-state index contributed by atoms with van der Waals surface area (Å²) in [6, 6.07) is 10.8. The number of amides is 1. The van der Waals surface area contributed by atoms with Crippen molar-refractivity contribution >= 4 is 34.8 Å². The van der Waals surface area contributed by atoms with E-state index in [2.05, 4.69) is 15.4 Å². The fraction of sp³-hybridized carbons (Fsp3) is 0.158. The number of hydrogen-bond donors (Lipinski definition) is 1. The van der Waals surface area contributed by atoms with Gasteiger partial charge >= 0.3 is 5.69 Å². The van der Waals surface area contributed by atoms with Crippen molar-refractivity contribution in [1.82, 2.24) is 14.8 Å². The molecule has 0 radical (unpaired) electrons. The number of nitrogens with one attached hydrogen (secondary N) is 1. The average Bonchev–Trinajstić information content (AvgIpc) is 2.68. The topological polar surface area (TPSA) is 86.1 Å². The lowest BCUT2D eigenvalue weighted by Crippen LogP contribution is -2.34. The molecule has 3 aromatic rings. The second-order valence-electron chi connectivity index (χ2n) is 5.89. The molecule has 1 N–H and O–H groups in total. The minimum absolute atomic E-state index is 0.359. The lowest BCUT2D eigenvalue weighted by atomic mass is 10.2.